The maximum absolute atomic E-state index is 12.5. The highest BCUT2D eigenvalue weighted by Crippen LogP contribution is 2.39. The molecule has 1 saturated carbocycles. The van der Waals surface area contributed by atoms with Crippen LogP contribution in [0.3, 0.4) is 0 Å². The summed E-state index contributed by atoms with van der Waals surface area (Å²) in [5.74, 6) is 0. The Bertz CT molecular complexity index is 376. The number of halogens is 3. The van der Waals surface area contributed by atoms with Crippen molar-refractivity contribution in [2.24, 2.45) is 12.8 Å². The third-order valence-corrected chi connectivity index (χ3v) is 2.61. The number of hydrogen-bond acceptors (Lipinski definition) is 2. The van der Waals surface area contributed by atoms with Crippen LogP contribution < -0.4 is 5.73 Å². The first-order chi connectivity index (χ1) is 6.80. The number of alkyl halides is 3. The fraction of sp³-hybridized carbons (Fsp3) is 0.667. The monoisotopic (exact) mass is 219 g/mol. The van der Waals surface area contributed by atoms with Gasteiger partial charge in [0.25, 0.3) is 0 Å². The molecule has 15 heavy (non-hydrogen) atoms. The molecule has 0 bridgehead atoms. The topological polar surface area (TPSA) is 43.8 Å². The van der Waals surface area contributed by atoms with Gasteiger partial charge < -0.3 is 5.73 Å². The first-order valence-corrected chi connectivity index (χ1v) is 4.69. The Hall–Kier alpha value is -1.04. The molecule has 0 unspecified atom stereocenters. The molecule has 1 aliphatic carbocycles. The van der Waals surface area contributed by atoms with Gasteiger partial charge in [-0.1, -0.05) is 0 Å². The molecule has 0 atom stereocenters. The van der Waals surface area contributed by atoms with E-state index in [1.165, 1.54) is 17.9 Å². The number of nitrogens with two attached hydrogens (primary N) is 1. The zero-order chi connectivity index (χ0) is 11.3. The first-order valence-electron chi connectivity index (χ1n) is 4.69. The van der Waals surface area contributed by atoms with Gasteiger partial charge in [0.2, 0.25) is 0 Å². The molecule has 1 aromatic heterocycles. The van der Waals surface area contributed by atoms with Crippen molar-refractivity contribution in [3.63, 3.8) is 0 Å². The van der Waals surface area contributed by atoms with Gasteiger partial charge in [0.1, 0.15) is 0 Å². The smallest absolute Gasteiger partial charge is 0.325 e. The van der Waals surface area contributed by atoms with Crippen LogP contribution in [-0.4, -0.2) is 15.3 Å². The second kappa shape index (κ2) is 2.98. The van der Waals surface area contributed by atoms with Gasteiger partial charge in [-0.25, -0.2) is 0 Å². The van der Waals surface area contributed by atoms with Gasteiger partial charge in [0, 0.05) is 24.3 Å². The highest BCUT2D eigenvalue weighted by molar-refractivity contribution is 5.24. The SMILES string of the molecule is Cn1cc(CC2(N)CC2)c(C(F)(F)F)n1. The maximum Gasteiger partial charge on any atom is 0.435 e. The Morgan fingerprint density at radius 3 is 2.60 bits per heavy atom. The van der Waals surface area contributed by atoms with E-state index in [1.54, 1.807) is 0 Å². The molecule has 0 aromatic carbocycles. The minimum Gasteiger partial charge on any atom is -0.325 e. The molecule has 6 heteroatoms. The summed E-state index contributed by atoms with van der Waals surface area (Å²) in [4.78, 5) is 0. The number of aryl methyl sites for hydroxylation is 1. The van der Waals surface area contributed by atoms with Crippen LogP contribution >= 0.6 is 0 Å². The summed E-state index contributed by atoms with van der Waals surface area (Å²) in [5.41, 5.74) is 4.76. The van der Waals surface area contributed by atoms with E-state index < -0.39 is 17.4 Å². The lowest BCUT2D eigenvalue weighted by Gasteiger charge is -2.09. The lowest BCUT2D eigenvalue weighted by Crippen LogP contribution is -2.25. The summed E-state index contributed by atoms with van der Waals surface area (Å²) in [6.45, 7) is 0. The summed E-state index contributed by atoms with van der Waals surface area (Å²) in [6.07, 6.45) is -1.15. The van der Waals surface area contributed by atoms with Crippen LogP contribution in [0.15, 0.2) is 6.20 Å². The van der Waals surface area contributed by atoms with Crippen molar-refractivity contribution in [3.8, 4) is 0 Å². The van der Waals surface area contributed by atoms with E-state index in [4.69, 9.17) is 5.73 Å². The number of hydrogen-bond donors (Lipinski definition) is 1. The van der Waals surface area contributed by atoms with Gasteiger partial charge in [-0.05, 0) is 19.3 Å². The summed E-state index contributed by atoms with van der Waals surface area (Å²) in [6, 6.07) is 0. The summed E-state index contributed by atoms with van der Waals surface area (Å²) < 4.78 is 38.8. The molecule has 0 saturated heterocycles. The van der Waals surface area contributed by atoms with Gasteiger partial charge >= 0.3 is 6.18 Å². The molecule has 1 fully saturated rings. The molecule has 1 aromatic rings. The van der Waals surface area contributed by atoms with Crippen molar-refractivity contribution in [2.45, 2.75) is 31.0 Å². The zero-order valence-corrected chi connectivity index (χ0v) is 8.30. The van der Waals surface area contributed by atoms with E-state index in [2.05, 4.69) is 5.10 Å². The average Bonchev–Trinajstić information content (AvgIpc) is 2.64. The van der Waals surface area contributed by atoms with E-state index >= 15 is 0 Å². The first kappa shape index (κ1) is 10.5. The van der Waals surface area contributed by atoms with Crippen LogP contribution in [0.25, 0.3) is 0 Å². The normalized spacial score (nSPS) is 19.3. The van der Waals surface area contributed by atoms with Gasteiger partial charge in [0.15, 0.2) is 5.69 Å². The third kappa shape index (κ3) is 2.14. The Balaban J connectivity index is 2.29. The maximum atomic E-state index is 12.5. The highest BCUT2D eigenvalue weighted by atomic mass is 19.4. The molecule has 3 nitrogen and oxygen atoms in total. The minimum absolute atomic E-state index is 0.199. The van der Waals surface area contributed by atoms with Crippen LogP contribution in [0.2, 0.25) is 0 Å². The Morgan fingerprint density at radius 2 is 2.13 bits per heavy atom. The molecule has 0 amide bonds. The quantitative estimate of drug-likeness (QED) is 0.818. The van der Waals surface area contributed by atoms with Crippen LogP contribution in [0.1, 0.15) is 24.1 Å². The van der Waals surface area contributed by atoms with Gasteiger partial charge in [0.05, 0.1) is 0 Å². The second-order valence-corrected chi connectivity index (χ2v) is 4.21. The standard InChI is InChI=1S/C9H12F3N3/c1-15-5-6(4-8(13)2-3-8)7(14-15)9(10,11)12/h5H,2-4,13H2,1H3. The van der Waals surface area contributed by atoms with Crippen LogP contribution in [0.5, 0.6) is 0 Å². The van der Waals surface area contributed by atoms with Crippen molar-refractivity contribution >= 4 is 0 Å². The molecule has 84 valence electrons. The van der Waals surface area contributed by atoms with Crippen LogP contribution in [-0.2, 0) is 19.6 Å². The Labute approximate surface area is 85.1 Å². The molecule has 0 spiro atoms. The molecule has 1 aliphatic rings. The lowest BCUT2D eigenvalue weighted by atomic mass is 10.1. The summed E-state index contributed by atoms with van der Waals surface area (Å²) in [5, 5.41) is 3.43. The minimum atomic E-state index is -4.39. The molecule has 2 N–H and O–H groups in total. The third-order valence-electron chi connectivity index (χ3n) is 2.61. The molecule has 2 rings (SSSR count). The molecule has 0 aliphatic heterocycles. The van der Waals surface area contributed by atoms with E-state index in [9.17, 15) is 13.2 Å². The summed E-state index contributed by atoms with van der Waals surface area (Å²) >= 11 is 0. The van der Waals surface area contributed by atoms with Crippen molar-refractivity contribution in [1.82, 2.24) is 9.78 Å². The predicted octanol–water partition coefficient (Wildman–Crippen LogP) is 1.47. The van der Waals surface area contributed by atoms with Crippen molar-refractivity contribution in [3.05, 3.63) is 17.5 Å². The summed E-state index contributed by atoms with van der Waals surface area (Å²) in [7, 11) is 1.48. The largest absolute Gasteiger partial charge is 0.435 e. The number of rotatable bonds is 2. The van der Waals surface area contributed by atoms with E-state index in [0.29, 0.717) is 0 Å². The second-order valence-electron chi connectivity index (χ2n) is 4.21. The van der Waals surface area contributed by atoms with Crippen molar-refractivity contribution in [1.29, 1.82) is 0 Å². The molecule has 1 heterocycles. The van der Waals surface area contributed by atoms with Crippen LogP contribution in [0, 0.1) is 0 Å². The van der Waals surface area contributed by atoms with Gasteiger partial charge in [-0.15, -0.1) is 0 Å². The number of nitrogens with zero attached hydrogens (tertiary/aromatic N) is 2. The van der Waals surface area contributed by atoms with Gasteiger partial charge in [-0.2, -0.15) is 18.3 Å². The van der Waals surface area contributed by atoms with Crippen LogP contribution in [0.4, 0.5) is 13.2 Å². The van der Waals surface area contributed by atoms with Crippen molar-refractivity contribution < 1.29 is 13.2 Å². The highest BCUT2D eigenvalue weighted by Gasteiger charge is 2.43. The Morgan fingerprint density at radius 1 is 1.53 bits per heavy atom. The van der Waals surface area contributed by atoms with Crippen molar-refractivity contribution in [2.75, 3.05) is 0 Å². The number of aromatic nitrogens is 2. The molecule has 0 radical (unpaired) electrons. The molecular formula is C9H12F3N3. The Kier molecular flexibility index (Phi) is 2.08. The van der Waals surface area contributed by atoms with E-state index in [0.717, 1.165) is 12.8 Å². The molecular weight excluding hydrogens is 207 g/mol. The fourth-order valence-corrected chi connectivity index (χ4v) is 1.62. The zero-order valence-electron chi connectivity index (χ0n) is 8.30. The lowest BCUT2D eigenvalue weighted by molar-refractivity contribution is -0.142. The van der Waals surface area contributed by atoms with E-state index in [-0.39, 0.29) is 12.0 Å². The predicted molar refractivity (Wildman–Crippen MR) is 48.1 cm³/mol. The fourth-order valence-electron chi connectivity index (χ4n) is 1.62. The average molecular weight is 219 g/mol. The van der Waals surface area contributed by atoms with Gasteiger partial charge in [-0.3, -0.25) is 4.68 Å². The van der Waals surface area contributed by atoms with E-state index in [1.807, 2.05) is 0 Å².